The van der Waals surface area contributed by atoms with Crippen LogP contribution >= 0.6 is 11.8 Å². The minimum Gasteiger partial charge on any atom is -0.475 e. The maximum atomic E-state index is 10.8. The minimum absolute atomic E-state index is 0.126. The lowest BCUT2D eigenvalue weighted by Crippen LogP contribution is -1.91. The van der Waals surface area contributed by atoms with Crippen LogP contribution in [-0.2, 0) is 0 Å². The quantitative estimate of drug-likeness (QED) is 0.795. The van der Waals surface area contributed by atoms with Crippen molar-refractivity contribution in [2.75, 3.05) is 0 Å². The maximum Gasteiger partial charge on any atom is 0.371 e. The zero-order valence-corrected chi connectivity index (χ0v) is 11.4. The van der Waals surface area contributed by atoms with E-state index < -0.39 is 5.97 Å². The minimum atomic E-state index is -1.12. The normalized spacial score (nSPS) is 10.4. The molecule has 0 aliphatic carbocycles. The second-order valence-electron chi connectivity index (χ2n) is 4.16. The monoisotopic (exact) mass is 296 g/mol. The molecule has 3 aromatic rings. The van der Waals surface area contributed by atoms with Crippen molar-refractivity contribution in [2.45, 2.75) is 10.1 Å². The fourth-order valence-corrected chi connectivity index (χ4v) is 2.68. The van der Waals surface area contributed by atoms with E-state index in [0.717, 1.165) is 5.39 Å². The molecule has 0 saturated heterocycles. The molecular formula is C15H8N2O3S. The number of fused-ring (bicyclic) bond motifs is 1. The van der Waals surface area contributed by atoms with Gasteiger partial charge in [-0.1, -0.05) is 18.2 Å². The Bertz CT molecular complexity index is 880. The smallest absolute Gasteiger partial charge is 0.371 e. The van der Waals surface area contributed by atoms with Gasteiger partial charge in [0, 0.05) is 5.39 Å². The van der Waals surface area contributed by atoms with Crippen LogP contribution in [0.25, 0.3) is 10.9 Å². The predicted octanol–water partition coefficient (Wildman–Crippen LogP) is 3.55. The van der Waals surface area contributed by atoms with Gasteiger partial charge in [-0.25, -0.2) is 9.78 Å². The fourth-order valence-electron chi connectivity index (χ4n) is 1.89. The van der Waals surface area contributed by atoms with Crippen molar-refractivity contribution in [3.05, 3.63) is 53.8 Å². The van der Waals surface area contributed by atoms with Gasteiger partial charge < -0.3 is 9.52 Å². The third-order valence-electron chi connectivity index (χ3n) is 2.81. The summed E-state index contributed by atoms with van der Waals surface area (Å²) in [5, 5.41) is 19.8. The number of aromatic carboxylic acids is 1. The first kappa shape index (κ1) is 13.2. The number of para-hydroxylation sites is 1. The second kappa shape index (κ2) is 5.31. The van der Waals surface area contributed by atoms with E-state index in [1.165, 1.54) is 17.8 Å². The summed E-state index contributed by atoms with van der Waals surface area (Å²) >= 11 is 1.18. The molecule has 1 N–H and O–H groups in total. The molecule has 0 unspecified atom stereocenters. The maximum absolute atomic E-state index is 10.8. The Morgan fingerprint density at radius 1 is 1.29 bits per heavy atom. The van der Waals surface area contributed by atoms with Crippen molar-refractivity contribution in [2.24, 2.45) is 0 Å². The van der Waals surface area contributed by atoms with Crippen molar-refractivity contribution >= 4 is 28.6 Å². The molecule has 2 aromatic heterocycles. The Balaban J connectivity index is 2.00. The van der Waals surface area contributed by atoms with Crippen LogP contribution in [0.4, 0.5) is 0 Å². The standard InChI is InChI=1S/C15H8N2O3S/c16-8-9-7-13(17-11-4-2-1-3-10(9)11)21-14-6-5-12(20-14)15(18)19/h1-7H,(H,18,19). The first-order valence-electron chi connectivity index (χ1n) is 5.98. The summed E-state index contributed by atoms with van der Waals surface area (Å²) in [5.41, 5.74) is 1.23. The number of nitrogens with zero attached hydrogens (tertiary/aromatic N) is 2. The van der Waals surface area contributed by atoms with Crippen molar-refractivity contribution in [1.29, 1.82) is 5.26 Å². The third kappa shape index (κ3) is 2.59. The summed E-state index contributed by atoms with van der Waals surface area (Å²) in [6.45, 7) is 0. The lowest BCUT2D eigenvalue weighted by Gasteiger charge is -2.03. The number of furan rings is 1. The van der Waals surface area contributed by atoms with Crippen LogP contribution in [0.15, 0.2) is 57.0 Å². The molecule has 1 aromatic carbocycles. The predicted molar refractivity (Wildman–Crippen MR) is 76.2 cm³/mol. The van der Waals surface area contributed by atoms with E-state index >= 15 is 0 Å². The van der Waals surface area contributed by atoms with E-state index in [9.17, 15) is 10.1 Å². The lowest BCUT2D eigenvalue weighted by molar-refractivity contribution is 0.0656. The molecule has 0 radical (unpaired) electrons. The molecule has 3 rings (SSSR count). The van der Waals surface area contributed by atoms with Crippen LogP contribution < -0.4 is 0 Å². The molecule has 0 amide bonds. The van der Waals surface area contributed by atoms with Crippen LogP contribution in [0.3, 0.4) is 0 Å². The van der Waals surface area contributed by atoms with Crippen molar-refractivity contribution < 1.29 is 14.3 Å². The molecule has 0 atom stereocenters. The molecule has 0 aliphatic heterocycles. The Morgan fingerprint density at radius 3 is 2.81 bits per heavy atom. The number of pyridine rings is 1. The molecule has 0 saturated carbocycles. The van der Waals surface area contributed by atoms with Gasteiger partial charge in [0.15, 0.2) is 5.09 Å². The van der Waals surface area contributed by atoms with Crippen molar-refractivity contribution in [3.8, 4) is 6.07 Å². The van der Waals surface area contributed by atoms with Gasteiger partial charge in [0.1, 0.15) is 5.03 Å². The summed E-state index contributed by atoms with van der Waals surface area (Å²) < 4.78 is 5.18. The molecule has 2 heterocycles. The van der Waals surface area contributed by atoms with E-state index in [2.05, 4.69) is 11.1 Å². The summed E-state index contributed by atoms with van der Waals surface area (Å²) in [7, 11) is 0. The molecular weight excluding hydrogens is 288 g/mol. The third-order valence-corrected chi connectivity index (χ3v) is 3.65. The summed E-state index contributed by atoms with van der Waals surface area (Å²) in [6, 6.07) is 14.1. The topological polar surface area (TPSA) is 87.1 Å². The van der Waals surface area contributed by atoms with Crippen LogP contribution in [-0.4, -0.2) is 16.1 Å². The zero-order valence-electron chi connectivity index (χ0n) is 10.6. The van der Waals surface area contributed by atoms with Crippen LogP contribution in [0.1, 0.15) is 16.1 Å². The molecule has 21 heavy (non-hydrogen) atoms. The summed E-state index contributed by atoms with van der Waals surface area (Å²) in [4.78, 5) is 15.2. The first-order chi connectivity index (χ1) is 10.2. The molecule has 0 spiro atoms. The van der Waals surface area contributed by atoms with E-state index in [1.807, 2.05) is 24.3 Å². The van der Waals surface area contributed by atoms with E-state index in [4.69, 9.17) is 9.52 Å². The number of hydrogen-bond donors (Lipinski definition) is 1. The number of aromatic nitrogens is 1. The van der Waals surface area contributed by atoms with Crippen molar-refractivity contribution in [3.63, 3.8) is 0 Å². The molecule has 0 fully saturated rings. The number of nitriles is 1. The first-order valence-corrected chi connectivity index (χ1v) is 6.80. The highest BCUT2D eigenvalue weighted by molar-refractivity contribution is 7.99. The van der Waals surface area contributed by atoms with Gasteiger partial charge in [0.25, 0.3) is 0 Å². The number of hydrogen-bond acceptors (Lipinski definition) is 5. The Kier molecular flexibility index (Phi) is 3.34. The van der Waals surface area contributed by atoms with Gasteiger partial charge in [0.05, 0.1) is 17.1 Å². The zero-order chi connectivity index (χ0) is 14.8. The summed E-state index contributed by atoms with van der Waals surface area (Å²) in [6.07, 6.45) is 0. The average Bonchev–Trinajstić information content (AvgIpc) is 2.95. The number of carboxylic acid groups (broad SMARTS) is 1. The van der Waals surface area contributed by atoms with Crippen LogP contribution in [0.5, 0.6) is 0 Å². The van der Waals surface area contributed by atoms with E-state index in [-0.39, 0.29) is 5.76 Å². The highest BCUT2D eigenvalue weighted by atomic mass is 32.2. The van der Waals surface area contributed by atoms with Crippen LogP contribution in [0, 0.1) is 11.3 Å². The molecule has 0 aliphatic rings. The van der Waals surface area contributed by atoms with Gasteiger partial charge in [-0.3, -0.25) is 0 Å². The SMILES string of the molecule is N#Cc1cc(Sc2ccc(C(=O)O)o2)nc2ccccc12. The van der Waals surface area contributed by atoms with Crippen LogP contribution in [0.2, 0.25) is 0 Å². The second-order valence-corrected chi connectivity index (χ2v) is 5.19. The lowest BCUT2D eigenvalue weighted by atomic mass is 10.1. The highest BCUT2D eigenvalue weighted by Gasteiger charge is 2.12. The number of carbonyl (C=O) groups is 1. The van der Waals surface area contributed by atoms with Gasteiger partial charge in [-0.05, 0) is 36.0 Å². The van der Waals surface area contributed by atoms with Crippen molar-refractivity contribution in [1.82, 2.24) is 4.98 Å². The van der Waals surface area contributed by atoms with E-state index in [0.29, 0.717) is 21.2 Å². The molecule has 5 nitrogen and oxygen atoms in total. The molecule has 102 valence electrons. The number of rotatable bonds is 3. The molecule has 6 heteroatoms. The molecule has 0 bridgehead atoms. The Labute approximate surface area is 123 Å². The van der Waals surface area contributed by atoms with E-state index in [1.54, 1.807) is 12.1 Å². The largest absolute Gasteiger partial charge is 0.475 e. The number of carboxylic acids is 1. The average molecular weight is 296 g/mol. The van der Waals surface area contributed by atoms with Gasteiger partial charge in [-0.2, -0.15) is 5.26 Å². The fraction of sp³-hybridized carbons (Fsp3) is 0. The van der Waals surface area contributed by atoms with Gasteiger partial charge in [-0.15, -0.1) is 0 Å². The number of benzene rings is 1. The highest BCUT2D eigenvalue weighted by Crippen LogP contribution is 2.30. The summed E-state index contributed by atoms with van der Waals surface area (Å²) in [5.74, 6) is -1.25. The Morgan fingerprint density at radius 2 is 2.10 bits per heavy atom. The van der Waals surface area contributed by atoms with Gasteiger partial charge in [0.2, 0.25) is 5.76 Å². The van der Waals surface area contributed by atoms with Gasteiger partial charge >= 0.3 is 5.97 Å². The Hall–Kier alpha value is -2.78.